The third-order valence-electron chi connectivity index (χ3n) is 5.83. The second-order valence-electron chi connectivity index (χ2n) is 6.52. The van der Waals surface area contributed by atoms with Gasteiger partial charge in [-0.05, 0) is 51.5 Å². The van der Waals surface area contributed by atoms with Crippen LogP contribution in [0.4, 0.5) is 0 Å². The normalized spacial score (nSPS) is 46.0. The van der Waals surface area contributed by atoms with Gasteiger partial charge in [0.2, 0.25) is 0 Å². The average molecular weight is 252 g/mol. The lowest BCUT2D eigenvalue weighted by atomic mass is 9.74. The van der Waals surface area contributed by atoms with Crippen LogP contribution in [-0.2, 0) is 4.74 Å². The van der Waals surface area contributed by atoms with E-state index in [1.807, 2.05) is 0 Å². The average Bonchev–Trinajstić information content (AvgIpc) is 2.80. The molecule has 2 unspecified atom stereocenters. The first-order chi connectivity index (χ1) is 8.78. The quantitative estimate of drug-likeness (QED) is 0.818. The van der Waals surface area contributed by atoms with Crippen LogP contribution in [0.15, 0.2) is 0 Å². The SMILES string of the molecule is CC1OCCC1(CN)N1CCC[C@H]2CCCC[C@H]21. The molecule has 2 saturated heterocycles. The predicted molar refractivity (Wildman–Crippen MR) is 73.5 cm³/mol. The van der Waals surface area contributed by atoms with E-state index in [2.05, 4.69) is 11.8 Å². The fraction of sp³-hybridized carbons (Fsp3) is 1.00. The van der Waals surface area contributed by atoms with Crippen molar-refractivity contribution in [3.8, 4) is 0 Å². The van der Waals surface area contributed by atoms with Crippen LogP contribution in [0.25, 0.3) is 0 Å². The first kappa shape index (κ1) is 12.9. The summed E-state index contributed by atoms with van der Waals surface area (Å²) in [6.07, 6.45) is 9.92. The highest BCUT2D eigenvalue weighted by molar-refractivity contribution is 5.05. The second kappa shape index (κ2) is 5.10. The van der Waals surface area contributed by atoms with Crippen molar-refractivity contribution >= 4 is 0 Å². The fourth-order valence-electron chi connectivity index (χ4n) is 4.71. The van der Waals surface area contributed by atoms with Gasteiger partial charge in [0.15, 0.2) is 0 Å². The summed E-state index contributed by atoms with van der Waals surface area (Å²) in [4.78, 5) is 2.78. The summed E-state index contributed by atoms with van der Waals surface area (Å²) in [6.45, 7) is 5.13. The van der Waals surface area contributed by atoms with Gasteiger partial charge in [0.1, 0.15) is 0 Å². The summed E-state index contributed by atoms with van der Waals surface area (Å²) in [7, 11) is 0. The number of nitrogens with two attached hydrogens (primary N) is 1. The van der Waals surface area contributed by atoms with Crippen LogP contribution in [0.3, 0.4) is 0 Å². The van der Waals surface area contributed by atoms with Crippen molar-refractivity contribution in [2.75, 3.05) is 19.7 Å². The number of hydrogen-bond acceptors (Lipinski definition) is 3. The van der Waals surface area contributed by atoms with E-state index in [4.69, 9.17) is 10.5 Å². The molecule has 3 aliphatic rings. The first-order valence-electron chi connectivity index (χ1n) is 7.86. The van der Waals surface area contributed by atoms with Crippen molar-refractivity contribution < 1.29 is 4.74 Å². The first-order valence-corrected chi connectivity index (χ1v) is 7.86. The summed E-state index contributed by atoms with van der Waals surface area (Å²) in [6, 6.07) is 0.792. The van der Waals surface area contributed by atoms with Crippen LogP contribution in [0.1, 0.15) is 51.9 Å². The highest BCUT2D eigenvalue weighted by atomic mass is 16.5. The molecule has 0 radical (unpaired) electrons. The number of piperidine rings is 1. The Balaban J connectivity index is 1.84. The highest BCUT2D eigenvalue weighted by Gasteiger charge is 2.50. The van der Waals surface area contributed by atoms with Crippen molar-refractivity contribution in [3.63, 3.8) is 0 Å². The van der Waals surface area contributed by atoms with Crippen molar-refractivity contribution in [3.05, 3.63) is 0 Å². The van der Waals surface area contributed by atoms with Crippen molar-refractivity contribution in [2.45, 2.75) is 69.6 Å². The van der Waals surface area contributed by atoms with Gasteiger partial charge >= 0.3 is 0 Å². The van der Waals surface area contributed by atoms with Gasteiger partial charge in [0.25, 0.3) is 0 Å². The predicted octanol–water partition coefficient (Wildman–Crippen LogP) is 2.15. The van der Waals surface area contributed by atoms with E-state index in [0.717, 1.165) is 31.5 Å². The Hall–Kier alpha value is -0.120. The van der Waals surface area contributed by atoms with E-state index in [1.165, 1.54) is 45.1 Å². The highest BCUT2D eigenvalue weighted by Crippen LogP contribution is 2.42. The molecule has 3 nitrogen and oxygen atoms in total. The molecule has 18 heavy (non-hydrogen) atoms. The van der Waals surface area contributed by atoms with Gasteiger partial charge in [0.05, 0.1) is 11.6 Å². The molecule has 2 N–H and O–H groups in total. The van der Waals surface area contributed by atoms with E-state index < -0.39 is 0 Å². The minimum Gasteiger partial charge on any atom is -0.376 e. The molecule has 104 valence electrons. The summed E-state index contributed by atoms with van der Waals surface area (Å²) < 4.78 is 5.87. The zero-order chi connectivity index (χ0) is 12.6. The Bertz CT molecular complexity index is 294. The lowest BCUT2D eigenvalue weighted by Crippen LogP contribution is -2.64. The van der Waals surface area contributed by atoms with Crippen LogP contribution in [0, 0.1) is 5.92 Å². The third kappa shape index (κ3) is 1.91. The maximum atomic E-state index is 6.19. The second-order valence-corrected chi connectivity index (χ2v) is 6.52. The Kier molecular flexibility index (Phi) is 3.65. The maximum Gasteiger partial charge on any atom is 0.0743 e. The topological polar surface area (TPSA) is 38.5 Å². The van der Waals surface area contributed by atoms with Crippen molar-refractivity contribution in [1.82, 2.24) is 4.90 Å². The van der Waals surface area contributed by atoms with Gasteiger partial charge in [-0.25, -0.2) is 0 Å². The van der Waals surface area contributed by atoms with Crippen molar-refractivity contribution in [1.29, 1.82) is 0 Å². The molecule has 4 atom stereocenters. The van der Waals surface area contributed by atoms with E-state index in [-0.39, 0.29) is 5.54 Å². The monoisotopic (exact) mass is 252 g/mol. The number of hydrogen-bond donors (Lipinski definition) is 1. The zero-order valence-electron chi connectivity index (χ0n) is 11.7. The number of likely N-dealkylation sites (tertiary alicyclic amines) is 1. The molecule has 0 spiro atoms. The van der Waals surface area contributed by atoms with Gasteiger partial charge in [-0.3, -0.25) is 4.90 Å². The Morgan fingerprint density at radius 1 is 1.22 bits per heavy atom. The van der Waals surface area contributed by atoms with Crippen molar-refractivity contribution in [2.24, 2.45) is 11.7 Å². The van der Waals surface area contributed by atoms with Crippen LogP contribution in [0.5, 0.6) is 0 Å². The largest absolute Gasteiger partial charge is 0.376 e. The smallest absolute Gasteiger partial charge is 0.0743 e. The number of rotatable bonds is 2. The molecule has 0 bridgehead atoms. The van der Waals surface area contributed by atoms with Crippen LogP contribution in [0.2, 0.25) is 0 Å². The Morgan fingerprint density at radius 3 is 2.72 bits per heavy atom. The molecular weight excluding hydrogens is 224 g/mol. The molecule has 0 aromatic carbocycles. The van der Waals surface area contributed by atoms with E-state index in [0.29, 0.717) is 6.10 Å². The Labute approximate surface area is 111 Å². The summed E-state index contributed by atoms with van der Waals surface area (Å²) in [5, 5.41) is 0. The van der Waals surface area contributed by atoms with Crippen LogP contribution >= 0.6 is 0 Å². The molecular formula is C15H28N2O. The molecule has 1 aliphatic carbocycles. The third-order valence-corrected chi connectivity index (χ3v) is 5.83. The standard InChI is InChI=1S/C15H28N2O/c1-12-15(11-16,8-10-18-12)17-9-4-6-13-5-2-3-7-14(13)17/h12-14H,2-11,16H2,1H3/t12?,13-,14-,15?/m1/s1. The molecule has 3 fully saturated rings. The minimum atomic E-state index is 0.140. The molecule has 0 amide bonds. The van der Waals surface area contributed by atoms with Crippen LogP contribution in [-0.4, -0.2) is 42.3 Å². The van der Waals surface area contributed by atoms with Gasteiger partial charge < -0.3 is 10.5 Å². The van der Waals surface area contributed by atoms with Gasteiger partial charge in [-0.1, -0.05) is 12.8 Å². The molecule has 0 aromatic heterocycles. The maximum absolute atomic E-state index is 6.19. The Morgan fingerprint density at radius 2 is 2.00 bits per heavy atom. The van der Waals surface area contributed by atoms with E-state index in [1.54, 1.807) is 0 Å². The minimum absolute atomic E-state index is 0.140. The van der Waals surface area contributed by atoms with Gasteiger partial charge in [-0.15, -0.1) is 0 Å². The molecule has 2 aliphatic heterocycles. The van der Waals surface area contributed by atoms with E-state index >= 15 is 0 Å². The summed E-state index contributed by atoms with van der Waals surface area (Å²) in [5.41, 5.74) is 6.33. The fourth-order valence-corrected chi connectivity index (χ4v) is 4.71. The van der Waals surface area contributed by atoms with Gasteiger partial charge in [-0.2, -0.15) is 0 Å². The van der Waals surface area contributed by atoms with Crippen LogP contribution < -0.4 is 5.73 Å². The molecule has 0 aromatic rings. The zero-order valence-corrected chi connectivity index (χ0v) is 11.7. The molecule has 2 heterocycles. The molecule has 1 saturated carbocycles. The molecule has 3 rings (SSSR count). The number of ether oxygens (including phenoxy) is 1. The number of fused-ring (bicyclic) bond motifs is 1. The summed E-state index contributed by atoms with van der Waals surface area (Å²) in [5.74, 6) is 0.934. The lowest BCUT2D eigenvalue weighted by Gasteiger charge is -2.53. The van der Waals surface area contributed by atoms with E-state index in [9.17, 15) is 0 Å². The lowest BCUT2D eigenvalue weighted by molar-refractivity contribution is -0.0560. The molecule has 3 heteroatoms. The number of nitrogens with zero attached hydrogens (tertiary/aromatic N) is 1. The summed E-state index contributed by atoms with van der Waals surface area (Å²) >= 11 is 0. The van der Waals surface area contributed by atoms with Gasteiger partial charge in [0, 0.05) is 19.2 Å².